The van der Waals surface area contributed by atoms with Crippen LogP contribution in [0.4, 0.5) is 4.79 Å². The highest BCUT2D eigenvalue weighted by Gasteiger charge is 2.20. The maximum absolute atomic E-state index is 13.0. The molecule has 0 aliphatic heterocycles. The molecule has 2 unspecified atom stereocenters. The lowest BCUT2D eigenvalue weighted by Crippen LogP contribution is -2.28. The average Bonchev–Trinajstić information content (AvgIpc) is 3.25. The molecule has 0 radical (unpaired) electrons. The zero-order valence-electron chi connectivity index (χ0n) is 40.2. The second kappa shape index (κ2) is 47.0. The molecule has 60 heavy (non-hydrogen) atoms. The molecule has 2 atom stereocenters. The van der Waals surface area contributed by atoms with Gasteiger partial charge in [-0.1, -0.05) is 189 Å². The number of hydrogen-bond donors (Lipinski definition) is 1. The molecule has 0 saturated carbocycles. The fraction of sp³-hybridized carbons (Fsp3) is 0.960. The molecule has 0 aromatic carbocycles. The molecule has 0 saturated heterocycles. The Morgan fingerprint density at radius 1 is 0.450 bits per heavy atom. The molecule has 10 nitrogen and oxygen atoms in total. The first kappa shape index (κ1) is 58.5. The quantitative estimate of drug-likeness (QED) is 0.0360. The van der Waals surface area contributed by atoms with Crippen LogP contribution in [0.15, 0.2) is 0 Å². The molecule has 0 spiro atoms. The Morgan fingerprint density at radius 3 is 1.35 bits per heavy atom. The number of carbonyl (C=O) groups is 2. The lowest BCUT2D eigenvalue weighted by molar-refractivity contribution is -0.162. The second-order valence-corrected chi connectivity index (χ2v) is 17.1. The molecule has 0 aromatic rings. The summed E-state index contributed by atoms with van der Waals surface area (Å²) in [6, 6.07) is 0. The number of esters is 1. The summed E-state index contributed by atoms with van der Waals surface area (Å²) in [6.07, 6.45) is 33.2. The molecule has 0 rings (SSSR count). The van der Waals surface area contributed by atoms with Gasteiger partial charge in [0.25, 0.3) is 0 Å². The van der Waals surface area contributed by atoms with Crippen LogP contribution in [0.3, 0.4) is 0 Å². The molecule has 358 valence electrons. The van der Waals surface area contributed by atoms with E-state index in [1.807, 2.05) is 0 Å². The molecule has 0 aliphatic carbocycles. The number of aliphatic hydroxyl groups excluding tert-OH is 1. The third kappa shape index (κ3) is 41.9. The minimum absolute atomic E-state index is 0.00164. The molecule has 1 N–H and O–H groups in total. The summed E-state index contributed by atoms with van der Waals surface area (Å²) < 4.78 is 34.4. The Morgan fingerprint density at radius 2 is 0.883 bits per heavy atom. The van der Waals surface area contributed by atoms with Gasteiger partial charge in [0.05, 0.1) is 32.2 Å². The van der Waals surface area contributed by atoms with Gasteiger partial charge in [-0.25, -0.2) is 4.79 Å². The molecule has 0 aliphatic rings. The number of carbonyl (C=O) groups excluding carboxylic acids is 2. The molecule has 0 amide bonds. The fourth-order valence-electron chi connectivity index (χ4n) is 7.30. The Kier molecular flexibility index (Phi) is 45.9. The van der Waals surface area contributed by atoms with Crippen molar-refractivity contribution in [2.75, 3.05) is 59.3 Å². The standard InChI is InChI=1S/C50H99NO9/c1-6-11-14-17-20-21-22-23-24-25-26-27-28-29-32-36-47(52)58-43-46(45-60-50(54)57-42-35-39-51(9-4)10-5)44-59-48(53)37-38-49(55-40-33-30-18-15-12-7-2)56-41-34-31-19-16-13-8-3/h46-47,49,52H,6-45H2,1-5H3. The molecule has 0 bridgehead atoms. The van der Waals surface area contributed by atoms with Gasteiger partial charge < -0.3 is 38.4 Å². The van der Waals surface area contributed by atoms with Crippen molar-refractivity contribution in [1.82, 2.24) is 4.90 Å². The van der Waals surface area contributed by atoms with Crippen LogP contribution in [-0.2, 0) is 33.2 Å². The van der Waals surface area contributed by atoms with E-state index in [4.69, 9.17) is 28.4 Å². The molecular formula is C50H99NO9. The topological polar surface area (TPSA) is 113 Å². The van der Waals surface area contributed by atoms with Gasteiger partial charge in [-0.15, -0.1) is 0 Å². The van der Waals surface area contributed by atoms with Crippen LogP contribution in [0, 0.1) is 5.92 Å². The van der Waals surface area contributed by atoms with Crippen LogP contribution in [0.25, 0.3) is 0 Å². The Labute approximate surface area is 370 Å². The zero-order valence-corrected chi connectivity index (χ0v) is 40.2. The smallest absolute Gasteiger partial charge is 0.465 e. The van der Waals surface area contributed by atoms with Crippen molar-refractivity contribution in [1.29, 1.82) is 0 Å². The van der Waals surface area contributed by atoms with Crippen LogP contribution in [0.1, 0.15) is 234 Å². The van der Waals surface area contributed by atoms with E-state index in [0.717, 1.165) is 64.6 Å². The third-order valence-corrected chi connectivity index (χ3v) is 11.4. The number of rotatable bonds is 48. The predicted molar refractivity (Wildman–Crippen MR) is 247 cm³/mol. The van der Waals surface area contributed by atoms with E-state index in [2.05, 4.69) is 39.5 Å². The second-order valence-electron chi connectivity index (χ2n) is 17.1. The SMILES string of the molecule is CCCCCCCCCCCCCCCCCC(O)OCC(COC(=O)CCC(OCCCCCCCC)OCCCCCCCC)COC(=O)OCCCN(CC)CC. The first-order chi connectivity index (χ1) is 29.4. The number of nitrogens with zero attached hydrogens (tertiary/aromatic N) is 1. The average molecular weight is 858 g/mol. The van der Waals surface area contributed by atoms with Crippen molar-refractivity contribution >= 4 is 12.1 Å². The maximum atomic E-state index is 13.0. The summed E-state index contributed by atoms with van der Waals surface area (Å²) in [5.41, 5.74) is 0. The van der Waals surface area contributed by atoms with Crippen molar-refractivity contribution in [3.8, 4) is 0 Å². The van der Waals surface area contributed by atoms with Gasteiger partial charge in [0.1, 0.15) is 6.61 Å². The Hall–Kier alpha value is -1.46. The highest BCUT2D eigenvalue weighted by Crippen LogP contribution is 2.16. The number of ether oxygens (including phenoxy) is 6. The summed E-state index contributed by atoms with van der Waals surface area (Å²) in [4.78, 5) is 27.7. The summed E-state index contributed by atoms with van der Waals surface area (Å²) >= 11 is 0. The molecule has 0 fully saturated rings. The number of aliphatic hydroxyl groups is 1. The van der Waals surface area contributed by atoms with Crippen LogP contribution in [0.2, 0.25) is 0 Å². The van der Waals surface area contributed by atoms with Gasteiger partial charge in [-0.2, -0.15) is 0 Å². The highest BCUT2D eigenvalue weighted by atomic mass is 16.7. The highest BCUT2D eigenvalue weighted by molar-refractivity contribution is 5.69. The van der Waals surface area contributed by atoms with E-state index < -0.39 is 24.7 Å². The molecule has 0 heterocycles. The van der Waals surface area contributed by atoms with Crippen LogP contribution < -0.4 is 0 Å². The predicted octanol–water partition coefficient (Wildman–Crippen LogP) is 13.5. The van der Waals surface area contributed by atoms with Gasteiger partial charge in [0.2, 0.25) is 0 Å². The largest absolute Gasteiger partial charge is 0.508 e. The Balaban J connectivity index is 4.77. The van der Waals surface area contributed by atoms with E-state index in [1.165, 1.54) is 135 Å². The van der Waals surface area contributed by atoms with Crippen molar-refractivity contribution in [3.05, 3.63) is 0 Å². The van der Waals surface area contributed by atoms with Gasteiger partial charge in [0, 0.05) is 26.2 Å². The molecular weight excluding hydrogens is 759 g/mol. The van der Waals surface area contributed by atoms with E-state index in [1.54, 1.807) is 0 Å². The Bertz CT molecular complexity index is 872. The van der Waals surface area contributed by atoms with Gasteiger partial charge in [-0.05, 0) is 45.2 Å². The van der Waals surface area contributed by atoms with Crippen molar-refractivity contribution in [2.45, 2.75) is 246 Å². The molecule has 10 heteroatoms. The zero-order chi connectivity index (χ0) is 44.0. The minimum atomic E-state index is -0.925. The van der Waals surface area contributed by atoms with Crippen LogP contribution in [-0.4, -0.2) is 94.0 Å². The van der Waals surface area contributed by atoms with Gasteiger partial charge in [0.15, 0.2) is 12.6 Å². The normalized spacial score (nSPS) is 12.7. The summed E-state index contributed by atoms with van der Waals surface area (Å²) in [7, 11) is 0. The van der Waals surface area contributed by atoms with Gasteiger partial charge in [-0.3, -0.25) is 4.79 Å². The first-order valence-corrected chi connectivity index (χ1v) is 25.6. The van der Waals surface area contributed by atoms with Crippen molar-refractivity contribution in [3.63, 3.8) is 0 Å². The van der Waals surface area contributed by atoms with E-state index in [9.17, 15) is 14.7 Å². The number of unbranched alkanes of at least 4 members (excludes halogenated alkanes) is 24. The lowest BCUT2D eigenvalue weighted by atomic mass is 10.0. The lowest BCUT2D eigenvalue weighted by Gasteiger charge is -2.21. The van der Waals surface area contributed by atoms with E-state index in [0.29, 0.717) is 26.1 Å². The van der Waals surface area contributed by atoms with Crippen LogP contribution >= 0.6 is 0 Å². The monoisotopic (exact) mass is 858 g/mol. The van der Waals surface area contributed by atoms with Crippen molar-refractivity contribution in [2.24, 2.45) is 5.92 Å². The minimum Gasteiger partial charge on any atom is -0.465 e. The van der Waals surface area contributed by atoms with Crippen LogP contribution in [0.5, 0.6) is 0 Å². The van der Waals surface area contributed by atoms with E-state index in [-0.39, 0.29) is 38.8 Å². The van der Waals surface area contributed by atoms with E-state index >= 15 is 0 Å². The maximum Gasteiger partial charge on any atom is 0.508 e. The summed E-state index contributed by atoms with van der Waals surface area (Å²) in [6.45, 7) is 15.2. The van der Waals surface area contributed by atoms with Gasteiger partial charge >= 0.3 is 12.1 Å². The first-order valence-electron chi connectivity index (χ1n) is 25.6. The summed E-state index contributed by atoms with van der Waals surface area (Å²) in [5.74, 6) is -0.815. The summed E-state index contributed by atoms with van der Waals surface area (Å²) in [5, 5.41) is 10.6. The molecule has 0 aromatic heterocycles. The number of hydrogen-bond acceptors (Lipinski definition) is 10. The fourth-order valence-corrected chi connectivity index (χ4v) is 7.30. The third-order valence-electron chi connectivity index (χ3n) is 11.4. The van der Waals surface area contributed by atoms with Crippen molar-refractivity contribution < 1.29 is 43.1 Å².